The summed E-state index contributed by atoms with van der Waals surface area (Å²) in [5, 5.41) is 0. The van der Waals surface area contributed by atoms with Gasteiger partial charge in [0.2, 0.25) is 0 Å². The molecule has 2 fully saturated rings. The highest BCUT2D eigenvalue weighted by molar-refractivity contribution is 6.49. The predicted octanol–water partition coefficient (Wildman–Crippen LogP) is 4.78. The minimum atomic E-state index is -0.517. The summed E-state index contributed by atoms with van der Waals surface area (Å²) in [6.07, 6.45) is 6.92. The lowest BCUT2D eigenvalue weighted by atomic mass is 9.41. The van der Waals surface area contributed by atoms with Crippen molar-refractivity contribution < 1.29 is 0 Å². The van der Waals surface area contributed by atoms with Crippen LogP contribution in [0.15, 0.2) is 60.7 Å². The Kier molecular flexibility index (Phi) is 5.43. The largest absolute Gasteiger partial charge is 0.138 e. The lowest BCUT2D eigenvalue weighted by Crippen LogP contribution is -2.28. The molecule has 0 N–H and O–H groups in total. The summed E-state index contributed by atoms with van der Waals surface area (Å²) in [5.74, 6) is 6.04. The first-order valence-electron chi connectivity index (χ1n) is 9.83. The molecule has 2 bridgehead atoms. The average Bonchev–Trinajstić information content (AvgIpc) is 2.68. The normalized spacial score (nSPS) is 25.4. The van der Waals surface area contributed by atoms with E-state index in [1.54, 1.807) is 0 Å². The second-order valence-electron chi connectivity index (χ2n) is 7.63. The van der Waals surface area contributed by atoms with E-state index < -0.39 is 9.52 Å². The summed E-state index contributed by atoms with van der Waals surface area (Å²) in [5.41, 5.74) is 7.11. The lowest BCUT2D eigenvalue weighted by Gasteiger charge is -2.37. The van der Waals surface area contributed by atoms with Gasteiger partial charge in [-0.1, -0.05) is 98.0 Å². The highest BCUT2D eigenvalue weighted by Gasteiger charge is 2.33. The molecule has 2 heteroatoms. The second-order valence-corrected chi connectivity index (χ2v) is 9.21. The zero-order chi connectivity index (χ0) is 16.9. The van der Waals surface area contributed by atoms with Gasteiger partial charge in [-0.15, -0.1) is 11.5 Å². The second kappa shape index (κ2) is 8.11. The van der Waals surface area contributed by atoms with Crippen molar-refractivity contribution >= 4 is 16.8 Å². The fourth-order valence-electron chi connectivity index (χ4n) is 4.61. The lowest BCUT2D eigenvalue weighted by molar-refractivity contribution is 0.399. The van der Waals surface area contributed by atoms with Gasteiger partial charge < -0.3 is 0 Å². The fourth-order valence-corrected chi connectivity index (χ4v) is 6.21. The van der Waals surface area contributed by atoms with Gasteiger partial charge >= 0.3 is 0 Å². The Morgan fingerprint density at radius 2 is 1.52 bits per heavy atom. The molecule has 0 aliphatic carbocycles. The SMILES string of the molecule is [B]1C2CCCC1C(C#C[SiH2]C(c1ccccc1)c1ccccc1)CC2. The highest BCUT2D eigenvalue weighted by Crippen LogP contribution is 2.44. The molecule has 1 radical (unpaired) electrons. The third-order valence-corrected chi connectivity index (χ3v) is 7.75. The summed E-state index contributed by atoms with van der Waals surface area (Å²) < 4.78 is 0. The van der Waals surface area contributed by atoms with E-state index in [4.69, 9.17) is 0 Å². The topological polar surface area (TPSA) is 0 Å². The molecule has 3 unspecified atom stereocenters. The van der Waals surface area contributed by atoms with Crippen molar-refractivity contribution in [2.24, 2.45) is 5.92 Å². The molecule has 0 nitrogen and oxygen atoms in total. The van der Waals surface area contributed by atoms with Crippen LogP contribution in [-0.4, -0.2) is 16.8 Å². The third-order valence-electron chi connectivity index (χ3n) is 5.99. The maximum absolute atomic E-state index is 3.73. The van der Waals surface area contributed by atoms with Crippen LogP contribution >= 0.6 is 0 Å². The van der Waals surface area contributed by atoms with E-state index in [9.17, 15) is 0 Å². The van der Waals surface area contributed by atoms with Gasteiger partial charge in [0.05, 0.1) is 0 Å². The van der Waals surface area contributed by atoms with Crippen LogP contribution in [0.2, 0.25) is 11.6 Å². The van der Waals surface area contributed by atoms with Crippen LogP contribution in [0, 0.1) is 17.4 Å². The molecule has 4 rings (SSSR count). The first kappa shape index (κ1) is 16.7. The van der Waals surface area contributed by atoms with E-state index in [-0.39, 0.29) is 0 Å². The molecular weight excluding hydrogens is 315 g/mol. The molecule has 0 spiro atoms. The van der Waals surface area contributed by atoms with E-state index >= 15 is 0 Å². The number of benzene rings is 2. The average molecular weight is 341 g/mol. The summed E-state index contributed by atoms with van der Waals surface area (Å²) in [7, 11) is 2.12. The Labute approximate surface area is 155 Å². The van der Waals surface area contributed by atoms with Gasteiger partial charge in [0.15, 0.2) is 0 Å². The summed E-state index contributed by atoms with van der Waals surface area (Å²) in [6.45, 7) is 0. The van der Waals surface area contributed by atoms with Gasteiger partial charge in [-0.2, -0.15) is 0 Å². The van der Waals surface area contributed by atoms with E-state index in [2.05, 4.69) is 79.4 Å². The van der Waals surface area contributed by atoms with Crippen molar-refractivity contribution in [3.63, 3.8) is 0 Å². The first-order valence-corrected chi connectivity index (χ1v) is 11.4. The molecule has 3 atom stereocenters. The van der Waals surface area contributed by atoms with Crippen molar-refractivity contribution in [3.05, 3.63) is 71.8 Å². The zero-order valence-corrected chi connectivity index (χ0v) is 16.3. The molecule has 2 saturated heterocycles. The number of rotatable bonds is 3. The van der Waals surface area contributed by atoms with Crippen LogP contribution in [0.25, 0.3) is 0 Å². The van der Waals surface area contributed by atoms with Gasteiger partial charge in [-0.05, 0) is 17.5 Å². The summed E-state index contributed by atoms with van der Waals surface area (Å²) in [6, 6.07) is 21.9. The minimum Gasteiger partial charge on any atom is -0.138 e. The molecule has 0 saturated carbocycles. The van der Waals surface area contributed by atoms with Gasteiger partial charge in [0.25, 0.3) is 0 Å². The van der Waals surface area contributed by atoms with Crippen LogP contribution in [0.3, 0.4) is 0 Å². The van der Waals surface area contributed by atoms with Crippen LogP contribution < -0.4 is 0 Å². The van der Waals surface area contributed by atoms with Gasteiger partial charge in [-0.25, -0.2) is 0 Å². The Bertz CT molecular complexity index is 691. The molecule has 0 amide bonds. The molecule has 125 valence electrons. The monoisotopic (exact) mass is 341 g/mol. The van der Waals surface area contributed by atoms with E-state index in [0.29, 0.717) is 11.5 Å². The van der Waals surface area contributed by atoms with Crippen LogP contribution in [-0.2, 0) is 0 Å². The van der Waals surface area contributed by atoms with Crippen molar-refractivity contribution in [1.82, 2.24) is 0 Å². The van der Waals surface area contributed by atoms with E-state index in [1.165, 1.54) is 43.2 Å². The molecular formula is C23H26BSi. The van der Waals surface area contributed by atoms with Crippen LogP contribution in [0.5, 0.6) is 0 Å². The maximum atomic E-state index is 3.73. The molecule has 25 heavy (non-hydrogen) atoms. The van der Waals surface area contributed by atoms with Crippen molar-refractivity contribution in [1.29, 1.82) is 0 Å². The predicted molar refractivity (Wildman–Crippen MR) is 111 cm³/mol. The summed E-state index contributed by atoms with van der Waals surface area (Å²) in [4.78, 5) is 0. The fraction of sp³-hybridized carbons (Fsp3) is 0.391. The van der Waals surface area contributed by atoms with Gasteiger partial charge in [0.1, 0.15) is 16.8 Å². The van der Waals surface area contributed by atoms with E-state index in [0.717, 1.165) is 11.6 Å². The molecule has 0 aromatic heterocycles. The number of hydrogen-bond acceptors (Lipinski definition) is 0. The highest BCUT2D eigenvalue weighted by atomic mass is 28.2. The van der Waals surface area contributed by atoms with Gasteiger partial charge in [0, 0.05) is 11.5 Å². The molecule has 2 heterocycles. The summed E-state index contributed by atoms with van der Waals surface area (Å²) >= 11 is 0. The Hall–Kier alpha value is -1.72. The van der Waals surface area contributed by atoms with Crippen molar-refractivity contribution in [3.8, 4) is 11.5 Å². The maximum Gasteiger partial charge on any atom is 0.119 e. The number of hydrogen-bond donors (Lipinski definition) is 0. The third kappa shape index (κ3) is 4.10. The minimum absolute atomic E-state index is 0.515. The smallest absolute Gasteiger partial charge is 0.119 e. The molecule has 2 aliphatic rings. The van der Waals surface area contributed by atoms with Crippen LogP contribution in [0.4, 0.5) is 0 Å². The Balaban J connectivity index is 1.50. The first-order chi connectivity index (χ1) is 12.4. The number of fused-ring (bicyclic) bond motifs is 2. The van der Waals surface area contributed by atoms with Gasteiger partial charge in [-0.3, -0.25) is 0 Å². The molecule has 2 aromatic rings. The van der Waals surface area contributed by atoms with Crippen LogP contribution in [0.1, 0.15) is 48.8 Å². The molecule has 2 aromatic carbocycles. The van der Waals surface area contributed by atoms with Crippen molar-refractivity contribution in [2.75, 3.05) is 0 Å². The molecule has 2 aliphatic heterocycles. The zero-order valence-electron chi connectivity index (χ0n) is 14.9. The quantitative estimate of drug-likeness (QED) is 0.557. The van der Waals surface area contributed by atoms with Crippen molar-refractivity contribution in [2.45, 2.75) is 49.3 Å². The standard InChI is InChI=1S/C23H26BSi/c1-3-8-19(9-4-1)23(20-10-5-2-6-11-20)25-17-16-18-14-15-21-12-7-13-22(18)24-21/h1-6,8-11,18,21-23H,7,12-15,25H2. The van der Waals surface area contributed by atoms with E-state index in [1.807, 2.05) is 0 Å². The Morgan fingerprint density at radius 1 is 0.840 bits per heavy atom. The Morgan fingerprint density at radius 3 is 2.20 bits per heavy atom.